The van der Waals surface area contributed by atoms with Gasteiger partial charge in [0.05, 0.1) is 12.5 Å². The highest BCUT2D eigenvalue weighted by Crippen LogP contribution is 2.16. The third-order valence-electron chi connectivity index (χ3n) is 3.40. The minimum absolute atomic E-state index is 0.0514. The molecule has 1 amide bonds. The molecule has 2 aromatic carbocycles. The third-order valence-corrected chi connectivity index (χ3v) is 3.93. The Morgan fingerprint density at radius 1 is 1.12 bits per heavy atom. The molecule has 0 aliphatic carbocycles. The summed E-state index contributed by atoms with van der Waals surface area (Å²) < 4.78 is 5.94. The number of hydrogen-bond acceptors (Lipinski definition) is 4. The second kappa shape index (κ2) is 8.49. The molecule has 0 bridgehead atoms. The first-order valence-corrected chi connectivity index (χ1v) is 8.21. The van der Waals surface area contributed by atoms with E-state index < -0.39 is 5.97 Å². The average Bonchev–Trinajstić information content (AvgIpc) is 2.55. The summed E-state index contributed by atoms with van der Waals surface area (Å²) in [6.45, 7) is 1.54. The van der Waals surface area contributed by atoms with E-state index in [1.54, 1.807) is 12.1 Å². The SMILES string of the molecule is C[C@@H](NC(=O)COC(=O)Cc1ccc(O)cc1)c1ccc(Br)cc1. The number of phenolic OH excluding ortho intramolecular Hbond substituents is 1. The number of nitrogens with one attached hydrogen (secondary N) is 1. The minimum Gasteiger partial charge on any atom is -0.508 e. The molecule has 0 fully saturated rings. The van der Waals surface area contributed by atoms with Crippen LogP contribution in [0.2, 0.25) is 0 Å². The molecule has 6 heteroatoms. The van der Waals surface area contributed by atoms with E-state index in [1.165, 1.54) is 12.1 Å². The van der Waals surface area contributed by atoms with Gasteiger partial charge in [0.1, 0.15) is 5.75 Å². The zero-order chi connectivity index (χ0) is 17.5. The Morgan fingerprint density at radius 2 is 1.75 bits per heavy atom. The van der Waals surface area contributed by atoms with Crippen LogP contribution >= 0.6 is 15.9 Å². The predicted molar refractivity (Wildman–Crippen MR) is 93.5 cm³/mol. The number of carbonyl (C=O) groups is 2. The molecular weight excluding hydrogens is 374 g/mol. The van der Waals surface area contributed by atoms with Crippen molar-refractivity contribution < 1.29 is 19.4 Å². The summed E-state index contributed by atoms with van der Waals surface area (Å²) in [5, 5.41) is 12.0. The lowest BCUT2D eigenvalue weighted by Crippen LogP contribution is -2.31. The molecule has 1 atom stereocenters. The van der Waals surface area contributed by atoms with Crippen molar-refractivity contribution in [1.82, 2.24) is 5.32 Å². The van der Waals surface area contributed by atoms with Gasteiger partial charge in [0.15, 0.2) is 6.61 Å². The summed E-state index contributed by atoms with van der Waals surface area (Å²) in [4.78, 5) is 23.6. The first-order chi connectivity index (χ1) is 11.4. The molecule has 0 unspecified atom stereocenters. The van der Waals surface area contributed by atoms with Gasteiger partial charge in [-0.25, -0.2) is 0 Å². The van der Waals surface area contributed by atoms with Gasteiger partial charge < -0.3 is 15.2 Å². The summed E-state index contributed by atoms with van der Waals surface area (Å²) in [5.41, 5.74) is 1.67. The van der Waals surface area contributed by atoms with E-state index in [0.717, 1.165) is 10.0 Å². The van der Waals surface area contributed by atoms with Gasteiger partial charge in [0, 0.05) is 4.47 Å². The molecule has 0 saturated heterocycles. The molecule has 0 radical (unpaired) electrons. The number of hydrogen-bond donors (Lipinski definition) is 2. The van der Waals surface area contributed by atoms with Crippen molar-refractivity contribution in [3.8, 4) is 5.75 Å². The quantitative estimate of drug-likeness (QED) is 0.741. The van der Waals surface area contributed by atoms with E-state index in [9.17, 15) is 14.7 Å². The van der Waals surface area contributed by atoms with E-state index in [4.69, 9.17) is 4.74 Å². The first kappa shape index (κ1) is 18.0. The normalized spacial score (nSPS) is 11.6. The van der Waals surface area contributed by atoms with Gasteiger partial charge in [-0.2, -0.15) is 0 Å². The van der Waals surface area contributed by atoms with Gasteiger partial charge in [0.2, 0.25) is 0 Å². The van der Waals surface area contributed by atoms with Crippen molar-refractivity contribution in [3.63, 3.8) is 0 Å². The van der Waals surface area contributed by atoms with Crippen LogP contribution in [-0.4, -0.2) is 23.6 Å². The Kier molecular flexibility index (Phi) is 6.37. The Bertz CT molecular complexity index is 698. The van der Waals surface area contributed by atoms with Crippen LogP contribution < -0.4 is 5.32 Å². The van der Waals surface area contributed by atoms with Crippen LogP contribution in [0.25, 0.3) is 0 Å². The van der Waals surface area contributed by atoms with Gasteiger partial charge in [-0.15, -0.1) is 0 Å². The molecule has 0 saturated carbocycles. The van der Waals surface area contributed by atoms with E-state index in [1.807, 2.05) is 31.2 Å². The highest BCUT2D eigenvalue weighted by atomic mass is 79.9. The highest BCUT2D eigenvalue weighted by Gasteiger charge is 2.12. The maximum Gasteiger partial charge on any atom is 0.310 e. The van der Waals surface area contributed by atoms with E-state index in [0.29, 0.717) is 5.56 Å². The lowest BCUT2D eigenvalue weighted by atomic mass is 10.1. The maximum absolute atomic E-state index is 11.9. The van der Waals surface area contributed by atoms with Gasteiger partial charge in [-0.1, -0.05) is 40.2 Å². The van der Waals surface area contributed by atoms with Crippen LogP contribution in [0.1, 0.15) is 24.1 Å². The molecule has 24 heavy (non-hydrogen) atoms. The second-order valence-corrected chi connectivity index (χ2v) is 6.26. The second-order valence-electron chi connectivity index (χ2n) is 5.34. The van der Waals surface area contributed by atoms with Crippen molar-refractivity contribution in [2.24, 2.45) is 0 Å². The molecule has 2 N–H and O–H groups in total. The van der Waals surface area contributed by atoms with E-state index >= 15 is 0 Å². The van der Waals surface area contributed by atoms with Crippen molar-refractivity contribution in [1.29, 1.82) is 0 Å². The van der Waals surface area contributed by atoms with Crippen LogP contribution in [0.4, 0.5) is 0 Å². The zero-order valence-electron chi connectivity index (χ0n) is 13.2. The third kappa shape index (κ3) is 5.70. The molecule has 0 aromatic heterocycles. The molecule has 0 heterocycles. The number of carbonyl (C=O) groups excluding carboxylic acids is 2. The Balaban J connectivity index is 1.76. The number of rotatable bonds is 6. The van der Waals surface area contributed by atoms with Gasteiger partial charge >= 0.3 is 5.97 Å². The summed E-state index contributed by atoms with van der Waals surface area (Å²) in [7, 11) is 0. The first-order valence-electron chi connectivity index (χ1n) is 7.42. The van der Waals surface area contributed by atoms with Crippen molar-refractivity contribution in [3.05, 3.63) is 64.1 Å². The van der Waals surface area contributed by atoms with Crippen molar-refractivity contribution in [2.45, 2.75) is 19.4 Å². The Morgan fingerprint density at radius 3 is 2.38 bits per heavy atom. The van der Waals surface area contributed by atoms with Gasteiger partial charge in [0.25, 0.3) is 5.91 Å². The highest BCUT2D eigenvalue weighted by molar-refractivity contribution is 9.10. The van der Waals surface area contributed by atoms with Gasteiger partial charge in [-0.05, 0) is 42.3 Å². The molecule has 0 aliphatic heterocycles. The van der Waals surface area contributed by atoms with E-state index in [-0.39, 0.29) is 30.7 Å². The molecule has 126 valence electrons. The summed E-state index contributed by atoms with van der Waals surface area (Å²) in [6, 6.07) is 13.7. The van der Waals surface area contributed by atoms with Crippen LogP contribution in [-0.2, 0) is 20.7 Å². The standard InChI is InChI=1S/C18H18BrNO4/c1-12(14-4-6-15(19)7-5-14)20-17(22)11-24-18(23)10-13-2-8-16(21)9-3-13/h2-9,12,21H,10-11H2,1H3,(H,20,22)/t12-/m1/s1. The number of amides is 1. The summed E-state index contributed by atoms with van der Waals surface area (Å²) in [5.74, 6) is -0.718. The molecular formula is C18H18BrNO4. The largest absolute Gasteiger partial charge is 0.508 e. The number of aromatic hydroxyl groups is 1. The lowest BCUT2D eigenvalue weighted by Gasteiger charge is -2.14. The van der Waals surface area contributed by atoms with Crippen LogP contribution in [0, 0.1) is 0 Å². The zero-order valence-corrected chi connectivity index (χ0v) is 14.7. The number of halogens is 1. The average molecular weight is 392 g/mol. The molecule has 0 aliphatic rings. The van der Waals surface area contributed by atoms with Crippen LogP contribution in [0.5, 0.6) is 5.75 Å². The molecule has 2 aromatic rings. The van der Waals surface area contributed by atoms with Crippen LogP contribution in [0.15, 0.2) is 53.0 Å². The lowest BCUT2D eigenvalue weighted by molar-refractivity contribution is -0.148. The monoisotopic (exact) mass is 391 g/mol. The van der Waals surface area contributed by atoms with Crippen molar-refractivity contribution in [2.75, 3.05) is 6.61 Å². The molecule has 5 nitrogen and oxygen atoms in total. The fourth-order valence-electron chi connectivity index (χ4n) is 2.10. The topological polar surface area (TPSA) is 75.6 Å². The van der Waals surface area contributed by atoms with Gasteiger partial charge in [-0.3, -0.25) is 9.59 Å². The minimum atomic E-state index is -0.493. The molecule has 2 rings (SSSR count). The fourth-order valence-corrected chi connectivity index (χ4v) is 2.36. The summed E-state index contributed by atoms with van der Waals surface area (Å²) >= 11 is 3.36. The summed E-state index contributed by atoms with van der Waals surface area (Å²) in [6.07, 6.45) is 0.0514. The Hall–Kier alpha value is -2.34. The van der Waals surface area contributed by atoms with Crippen molar-refractivity contribution >= 4 is 27.8 Å². The number of esters is 1. The smallest absolute Gasteiger partial charge is 0.310 e. The van der Waals surface area contributed by atoms with Crippen LogP contribution in [0.3, 0.4) is 0 Å². The number of ether oxygens (including phenoxy) is 1. The number of benzene rings is 2. The van der Waals surface area contributed by atoms with E-state index in [2.05, 4.69) is 21.2 Å². The number of phenols is 1. The maximum atomic E-state index is 11.9. The Labute approximate surface area is 148 Å². The predicted octanol–water partition coefficient (Wildman–Crippen LogP) is 3.12. The fraction of sp³-hybridized carbons (Fsp3) is 0.222. The molecule has 0 spiro atoms.